The molecule has 2 aromatic rings. The van der Waals surface area contributed by atoms with Crippen LogP contribution in [0.15, 0.2) is 24.5 Å². The smallest absolute Gasteiger partial charge is 0.153 e. The van der Waals surface area contributed by atoms with Gasteiger partial charge in [0.1, 0.15) is 0 Å². The first-order valence-corrected chi connectivity index (χ1v) is 7.76. The van der Waals surface area contributed by atoms with E-state index in [1.165, 1.54) is 18.4 Å². The number of nitrogens with one attached hydrogen (secondary N) is 1. The van der Waals surface area contributed by atoms with E-state index >= 15 is 0 Å². The van der Waals surface area contributed by atoms with Crippen LogP contribution in [0.5, 0.6) is 0 Å². The third-order valence-corrected chi connectivity index (χ3v) is 3.80. The van der Waals surface area contributed by atoms with Gasteiger partial charge < -0.3 is 5.32 Å². The van der Waals surface area contributed by atoms with Gasteiger partial charge in [0.05, 0.1) is 9.77 Å². The molecule has 2 aromatic heterocycles. The van der Waals surface area contributed by atoms with Gasteiger partial charge in [0.2, 0.25) is 0 Å². The predicted molar refractivity (Wildman–Crippen MR) is 83.3 cm³/mol. The number of pyridine rings is 1. The van der Waals surface area contributed by atoms with Gasteiger partial charge in [-0.1, -0.05) is 6.92 Å². The van der Waals surface area contributed by atoms with Crippen LogP contribution < -0.4 is 5.32 Å². The van der Waals surface area contributed by atoms with Crippen molar-refractivity contribution in [3.63, 3.8) is 0 Å². The lowest BCUT2D eigenvalue weighted by molar-refractivity contribution is 0.684. The Kier molecular flexibility index (Phi) is 3.83. The maximum atomic E-state index is 4.65. The van der Waals surface area contributed by atoms with E-state index in [0.29, 0.717) is 0 Å². The van der Waals surface area contributed by atoms with E-state index in [1.54, 1.807) is 0 Å². The van der Waals surface area contributed by atoms with E-state index in [1.807, 2.05) is 17.1 Å². The minimum Gasteiger partial charge on any atom is -0.310 e. The van der Waals surface area contributed by atoms with E-state index in [4.69, 9.17) is 0 Å². The number of hydrogen-bond acceptors (Lipinski definition) is 3. The lowest BCUT2D eigenvalue weighted by Crippen LogP contribution is -2.16. The molecule has 5 heteroatoms. The Bertz CT molecular complexity index is 575. The van der Waals surface area contributed by atoms with Crippen molar-refractivity contribution in [2.45, 2.75) is 38.8 Å². The van der Waals surface area contributed by atoms with Crippen LogP contribution >= 0.6 is 22.6 Å². The van der Waals surface area contributed by atoms with Crippen LogP contribution in [0.25, 0.3) is 5.82 Å². The second kappa shape index (κ2) is 5.58. The first-order valence-electron chi connectivity index (χ1n) is 6.68. The molecule has 1 aliphatic carbocycles. The van der Waals surface area contributed by atoms with Crippen LogP contribution in [0, 0.1) is 3.57 Å². The fraction of sp³-hybridized carbons (Fsp3) is 0.429. The van der Waals surface area contributed by atoms with Gasteiger partial charge in [0.25, 0.3) is 0 Å². The molecule has 0 saturated heterocycles. The molecule has 1 saturated carbocycles. The summed E-state index contributed by atoms with van der Waals surface area (Å²) >= 11 is 2.26. The van der Waals surface area contributed by atoms with Crippen LogP contribution in [0.3, 0.4) is 0 Å². The van der Waals surface area contributed by atoms with Gasteiger partial charge in [0, 0.05) is 24.5 Å². The Hall–Kier alpha value is -0.950. The van der Waals surface area contributed by atoms with Crippen molar-refractivity contribution in [1.29, 1.82) is 0 Å². The Morgan fingerprint density at radius 2 is 2.26 bits per heavy atom. The molecule has 100 valence electrons. The maximum Gasteiger partial charge on any atom is 0.153 e. The highest BCUT2D eigenvalue weighted by Crippen LogP contribution is 2.20. The molecule has 19 heavy (non-hydrogen) atoms. The van der Waals surface area contributed by atoms with Crippen molar-refractivity contribution in [3.8, 4) is 5.82 Å². The summed E-state index contributed by atoms with van der Waals surface area (Å²) in [5, 5.41) is 7.89. The maximum absolute atomic E-state index is 4.65. The van der Waals surface area contributed by atoms with Gasteiger partial charge >= 0.3 is 0 Å². The van der Waals surface area contributed by atoms with Gasteiger partial charge in [-0.3, -0.25) is 0 Å². The van der Waals surface area contributed by atoms with Crippen molar-refractivity contribution in [3.05, 3.63) is 39.4 Å². The van der Waals surface area contributed by atoms with Crippen LogP contribution in [-0.4, -0.2) is 20.8 Å². The number of rotatable bonds is 5. The Morgan fingerprint density at radius 3 is 2.89 bits per heavy atom. The molecule has 0 amide bonds. The highest BCUT2D eigenvalue weighted by atomic mass is 127. The predicted octanol–water partition coefficient (Wildman–Crippen LogP) is 2.69. The molecular weight excluding hydrogens is 351 g/mol. The van der Waals surface area contributed by atoms with Crippen LogP contribution in [0.2, 0.25) is 0 Å². The van der Waals surface area contributed by atoms with Crippen molar-refractivity contribution in [2.75, 3.05) is 0 Å². The molecule has 1 aliphatic rings. The molecular formula is C14H17IN4. The van der Waals surface area contributed by atoms with Crippen LogP contribution in [0.1, 0.15) is 31.0 Å². The summed E-state index contributed by atoms with van der Waals surface area (Å²) < 4.78 is 2.97. The molecule has 0 unspecified atom stereocenters. The molecule has 0 bridgehead atoms. The zero-order valence-electron chi connectivity index (χ0n) is 10.9. The third kappa shape index (κ3) is 3.33. The number of aromatic nitrogens is 3. The second-order valence-electron chi connectivity index (χ2n) is 4.94. The molecule has 1 N–H and O–H groups in total. The molecule has 0 aliphatic heterocycles. The molecule has 0 spiro atoms. The summed E-state index contributed by atoms with van der Waals surface area (Å²) in [5.74, 6) is 0.912. The van der Waals surface area contributed by atoms with Gasteiger partial charge in [-0.25, -0.2) is 9.67 Å². The Balaban J connectivity index is 1.87. The average molecular weight is 368 g/mol. The molecule has 3 rings (SSSR count). The summed E-state index contributed by atoms with van der Waals surface area (Å²) in [4.78, 5) is 4.65. The molecule has 1 fully saturated rings. The largest absolute Gasteiger partial charge is 0.310 e. The van der Waals surface area contributed by atoms with Gasteiger partial charge in [0.15, 0.2) is 5.82 Å². The number of hydrogen-bond donors (Lipinski definition) is 1. The average Bonchev–Trinajstić information content (AvgIpc) is 3.16. The van der Waals surface area contributed by atoms with E-state index in [-0.39, 0.29) is 0 Å². The van der Waals surface area contributed by atoms with E-state index in [0.717, 1.165) is 34.1 Å². The van der Waals surface area contributed by atoms with Gasteiger partial charge in [-0.15, -0.1) is 0 Å². The van der Waals surface area contributed by atoms with Crippen LogP contribution in [-0.2, 0) is 13.0 Å². The van der Waals surface area contributed by atoms with Crippen LogP contribution in [0.4, 0.5) is 0 Å². The van der Waals surface area contributed by atoms with Crippen molar-refractivity contribution in [1.82, 2.24) is 20.1 Å². The molecule has 0 atom stereocenters. The number of halogens is 1. The summed E-state index contributed by atoms with van der Waals surface area (Å²) in [7, 11) is 0. The minimum absolute atomic E-state index is 0.729. The SMILES string of the molecule is CCc1cc(CNC2CC2)cc(-n2cc(I)cn2)n1. The van der Waals surface area contributed by atoms with Crippen molar-refractivity contribution < 1.29 is 0 Å². The highest BCUT2D eigenvalue weighted by molar-refractivity contribution is 14.1. The zero-order chi connectivity index (χ0) is 13.2. The van der Waals surface area contributed by atoms with Gasteiger partial charge in [-0.2, -0.15) is 5.10 Å². The van der Waals surface area contributed by atoms with E-state index in [9.17, 15) is 0 Å². The molecule has 4 nitrogen and oxygen atoms in total. The third-order valence-electron chi connectivity index (χ3n) is 3.24. The summed E-state index contributed by atoms with van der Waals surface area (Å²) in [6.07, 6.45) is 7.43. The fourth-order valence-corrected chi connectivity index (χ4v) is 2.40. The summed E-state index contributed by atoms with van der Waals surface area (Å²) in [5.41, 5.74) is 2.41. The first kappa shape index (κ1) is 13.1. The fourth-order valence-electron chi connectivity index (χ4n) is 2.01. The minimum atomic E-state index is 0.729. The highest BCUT2D eigenvalue weighted by Gasteiger charge is 2.20. The van der Waals surface area contributed by atoms with Gasteiger partial charge in [-0.05, 0) is 59.5 Å². The number of aryl methyl sites for hydroxylation is 1. The monoisotopic (exact) mass is 368 g/mol. The second-order valence-corrected chi connectivity index (χ2v) is 6.18. The zero-order valence-corrected chi connectivity index (χ0v) is 13.1. The standard InChI is InChI=1S/C14H17IN4/c1-2-12-5-10(7-16-13-3-4-13)6-14(18-12)19-9-11(15)8-17-19/h5-6,8-9,13,16H,2-4,7H2,1H3. The van der Waals surface area contributed by atoms with E-state index in [2.05, 4.69) is 57.0 Å². The lowest BCUT2D eigenvalue weighted by Gasteiger charge is -2.09. The summed E-state index contributed by atoms with van der Waals surface area (Å²) in [6.45, 7) is 3.06. The summed E-state index contributed by atoms with van der Waals surface area (Å²) in [6, 6.07) is 5.04. The normalized spacial score (nSPS) is 14.8. The van der Waals surface area contributed by atoms with Crippen molar-refractivity contribution >= 4 is 22.6 Å². The van der Waals surface area contributed by atoms with E-state index < -0.39 is 0 Å². The van der Waals surface area contributed by atoms with Crippen molar-refractivity contribution in [2.24, 2.45) is 0 Å². The lowest BCUT2D eigenvalue weighted by atomic mass is 10.2. The Labute approximate surface area is 126 Å². The molecule has 0 aromatic carbocycles. The molecule has 0 radical (unpaired) electrons. The topological polar surface area (TPSA) is 42.7 Å². The first-order chi connectivity index (χ1) is 9.24. The number of nitrogens with zero attached hydrogens (tertiary/aromatic N) is 3. The molecule has 2 heterocycles. The quantitative estimate of drug-likeness (QED) is 0.826. The Morgan fingerprint density at radius 1 is 1.42 bits per heavy atom.